The van der Waals surface area contributed by atoms with Crippen LogP contribution in [0.2, 0.25) is 0 Å². The van der Waals surface area contributed by atoms with Crippen LogP contribution in [0.1, 0.15) is 29.2 Å². The topological polar surface area (TPSA) is 55.5 Å². The van der Waals surface area contributed by atoms with E-state index >= 15 is 0 Å². The lowest BCUT2D eigenvalue weighted by molar-refractivity contribution is 0.0484. The summed E-state index contributed by atoms with van der Waals surface area (Å²) in [5, 5.41) is 8.71. The number of aliphatic hydroxyl groups excluding tert-OH is 1. The third kappa shape index (κ3) is 3.30. The summed E-state index contributed by atoms with van der Waals surface area (Å²) in [7, 11) is 0. The van der Waals surface area contributed by atoms with Crippen molar-refractivity contribution in [3.8, 4) is 0 Å². The van der Waals surface area contributed by atoms with Crippen LogP contribution in [0.3, 0.4) is 0 Å². The van der Waals surface area contributed by atoms with Crippen molar-refractivity contribution < 1.29 is 9.84 Å². The lowest BCUT2D eigenvalue weighted by atomic mass is 9.99. The van der Waals surface area contributed by atoms with E-state index in [1.54, 1.807) is 0 Å². The monoisotopic (exact) mass is 223 g/mol. The summed E-state index contributed by atoms with van der Waals surface area (Å²) in [4.78, 5) is 0. The van der Waals surface area contributed by atoms with Gasteiger partial charge in [-0.1, -0.05) is 18.2 Å². The summed E-state index contributed by atoms with van der Waals surface area (Å²) in [5.74, 6) is 0. The van der Waals surface area contributed by atoms with E-state index < -0.39 is 0 Å². The summed E-state index contributed by atoms with van der Waals surface area (Å²) in [5.41, 5.74) is 9.36. The number of hydrogen-bond donors (Lipinski definition) is 2. The number of ether oxygens (including phenoxy) is 1. The predicted octanol–water partition coefficient (Wildman–Crippen LogP) is 1.70. The van der Waals surface area contributed by atoms with E-state index in [9.17, 15) is 0 Å². The van der Waals surface area contributed by atoms with Gasteiger partial charge in [0.15, 0.2) is 0 Å². The van der Waals surface area contributed by atoms with Gasteiger partial charge in [0.1, 0.15) is 0 Å². The molecule has 3 heteroatoms. The zero-order valence-corrected chi connectivity index (χ0v) is 10.1. The Morgan fingerprint density at radius 3 is 2.75 bits per heavy atom. The first kappa shape index (κ1) is 13.2. The van der Waals surface area contributed by atoms with Crippen LogP contribution in [0.5, 0.6) is 0 Å². The van der Waals surface area contributed by atoms with Crippen LogP contribution in [-0.2, 0) is 4.74 Å². The highest BCUT2D eigenvalue weighted by Crippen LogP contribution is 2.22. The quantitative estimate of drug-likeness (QED) is 0.722. The van der Waals surface area contributed by atoms with E-state index in [4.69, 9.17) is 15.6 Å². The lowest BCUT2D eigenvalue weighted by Gasteiger charge is -2.19. The van der Waals surface area contributed by atoms with Crippen LogP contribution in [0.25, 0.3) is 0 Å². The molecule has 90 valence electrons. The molecule has 1 unspecified atom stereocenters. The Hall–Kier alpha value is -0.900. The molecular formula is C13H21NO2. The Kier molecular flexibility index (Phi) is 5.46. The number of rotatable bonds is 6. The van der Waals surface area contributed by atoms with Crippen molar-refractivity contribution in [3.05, 3.63) is 34.9 Å². The fourth-order valence-corrected chi connectivity index (χ4v) is 1.70. The van der Waals surface area contributed by atoms with Crippen molar-refractivity contribution in [1.82, 2.24) is 0 Å². The predicted molar refractivity (Wildman–Crippen MR) is 65.4 cm³/mol. The summed E-state index contributed by atoms with van der Waals surface area (Å²) >= 11 is 0. The lowest BCUT2D eigenvalue weighted by Crippen LogP contribution is -2.18. The summed E-state index contributed by atoms with van der Waals surface area (Å²) in [6, 6.07) is 6.16. The first-order chi connectivity index (χ1) is 7.70. The van der Waals surface area contributed by atoms with E-state index in [0.29, 0.717) is 19.6 Å². The second kappa shape index (κ2) is 6.63. The van der Waals surface area contributed by atoms with Crippen molar-refractivity contribution in [2.45, 2.75) is 26.4 Å². The SMILES string of the molecule is Cc1cccc(C(CN)OCCCO)c1C. The molecule has 0 amide bonds. The molecule has 0 spiro atoms. The second-order valence-electron chi connectivity index (χ2n) is 3.96. The van der Waals surface area contributed by atoms with Gasteiger partial charge in [-0.05, 0) is 37.0 Å². The maximum Gasteiger partial charge on any atom is 0.0949 e. The molecule has 1 rings (SSSR count). The van der Waals surface area contributed by atoms with Crippen LogP contribution in [-0.4, -0.2) is 24.9 Å². The van der Waals surface area contributed by atoms with Gasteiger partial charge in [-0.3, -0.25) is 0 Å². The molecule has 1 aromatic rings. The number of benzene rings is 1. The largest absolute Gasteiger partial charge is 0.396 e. The van der Waals surface area contributed by atoms with Crippen molar-refractivity contribution in [3.63, 3.8) is 0 Å². The fraction of sp³-hybridized carbons (Fsp3) is 0.538. The van der Waals surface area contributed by atoms with E-state index in [-0.39, 0.29) is 12.7 Å². The molecule has 3 nitrogen and oxygen atoms in total. The number of aryl methyl sites for hydroxylation is 1. The summed E-state index contributed by atoms with van der Waals surface area (Å²) in [6.07, 6.45) is 0.591. The maximum absolute atomic E-state index is 8.71. The molecule has 16 heavy (non-hydrogen) atoms. The van der Waals surface area contributed by atoms with Crippen molar-refractivity contribution in [1.29, 1.82) is 0 Å². The molecule has 1 atom stereocenters. The molecule has 0 aliphatic carbocycles. The van der Waals surface area contributed by atoms with Crippen LogP contribution in [0, 0.1) is 13.8 Å². The Labute approximate surface area is 97.2 Å². The Bertz CT molecular complexity index is 326. The molecule has 0 heterocycles. The Morgan fingerprint density at radius 1 is 1.38 bits per heavy atom. The molecular weight excluding hydrogens is 202 g/mol. The third-order valence-corrected chi connectivity index (χ3v) is 2.83. The average molecular weight is 223 g/mol. The molecule has 0 bridgehead atoms. The van der Waals surface area contributed by atoms with Gasteiger partial charge in [0.2, 0.25) is 0 Å². The van der Waals surface area contributed by atoms with Gasteiger partial charge in [0.25, 0.3) is 0 Å². The molecule has 1 aromatic carbocycles. The summed E-state index contributed by atoms with van der Waals surface area (Å²) in [6.45, 7) is 5.34. The second-order valence-corrected chi connectivity index (χ2v) is 3.96. The fourth-order valence-electron chi connectivity index (χ4n) is 1.70. The average Bonchev–Trinajstić information content (AvgIpc) is 2.29. The smallest absolute Gasteiger partial charge is 0.0949 e. The minimum atomic E-state index is -0.0635. The van der Waals surface area contributed by atoms with Crippen LogP contribution >= 0.6 is 0 Å². The highest BCUT2D eigenvalue weighted by Gasteiger charge is 2.13. The van der Waals surface area contributed by atoms with E-state index in [1.807, 2.05) is 6.07 Å². The third-order valence-electron chi connectivity index (χ3n) is 2.83. The first-order valence-electron chi connectivity index (χ1n) is 5.69. The standard InChI is InChI=1S/C13H21NO2/c1-10-5-3-6-12(11(10)2)13(9-14)16-8-4-7-15/h3,5-6,13,15H,4,7-9,14H2,1-2H3. The van der Waals surface area contributed by atoms with Gasteiger partial charge in [-0.25, -0.2) is 0 Å². The van der Waals surface area contributed by atoms with Gasteiger partial charge in [-0.15, -0.1) is 0 Å². The molecule has 0 fully saturated rings. The normalized spacial score (nSPS) is 12.8. The van der Waals surface area contributed by atoms with Crippen LogP contribution < -0.4 is 5.73 Å². The van der Waals surface area contributed by atoms with E-state index in [1.165, 1.54) is 11.1 Å². The first-order valence-corrected chi connectivity index (χ1v) is 5.69. The minimum Gasteiger partial charge on any atom is -0.396 e. The van der Waals surface area contributed by atoms with Crippen molar-refractivity contribution in [2.75, 3.05) is 19.8 Å². The van der Waals surface area contributed by atoms with Gasteiger partial charge >= 0.3 is 0 Å². The van der Waals surface area contributed by atoms with E-state index in [2.05, 4.69) is 26.0 Å². The van der Waals surface area contributed by atoms with Gasteiger partial charge in [-0.2, -0.15) is 0 Å². The zero-order valence-electron chi connectivity index (χ0n) is 10.1. The van der Waals surface area contributed by atoms with Gasteiger partial charge in [0, 0.05) is 19.8 Å². The summed E-state index contributed by atoms with van der Waals surface area (Å²) < 4.78 is 5.67. The number of aliphatic hydroxyl groups is 1. The van der Waals surface area contributed by atoms with Crippen molar-refractivity contribution in [2.24, 2.45) is 5.73 Å². The highest BCUT2D eigenvalue weighted by atomic mass is 16.5. The Morgan fingerprint density at radius 2 is 2.12 bits per heavy atom. The van der Waals surface area contributed by atoms with Gasteiger partial charge < -0.3 is 15.6 Å². The molecule has 3 N–H and O–H groups in total. The maximum atomic E-state index is 8.71. The number of hydrogen-bond acceptors (Lipinski definition) is 3. The Balaban J connectivity index is 2.74. The van der Waals surface area contributed by atoms with E-state index in [0.717, 1.165) is 5.56 Å². The van der Waals surface area contributed by atoms with Crippen LogP contribution in [0.15, 0.2) is 18.2 Å². The van der Waals surface area contributed by atoms with Gasteiger partial charge in [0.05, 0.1) is 6.10 Å². The van der Waals surface area contributed by atoms with Crippen LogP contribution in [0.4, 0.5) is 0 Å². The van der Waals surface area contributed by atoms with Crippen molar-refractivity contribution >= 4 is 0 Å². The molecule has 0 aliphatic heterocycles. The molecule has 0 saturated heterocycles. The molecule has 0 radical (unpaired) electrons. The molecule has 0 aliphatic rings. The molecule has 0 aromatic heterocycles. The zero-order chi connectivity index (χ0) is 12.0. The number of nitrogens with two attached hydrogens (primary N) is 1. The molecule has 0 saturated carbocycles. The minimum absolute atomic E-state index is 0.0635. The highest BCUT2D eigenvalue weighted by molar-refractivity contribution is 5.34.